The Bertz CT molecular complexity index is 1860. The molecule has 0 amide bonds. The van der Waals surface area contributed by atoms with Crippen LogP contribution in [0, 0.1) is 11.8 Å². The van der Waals surface area contributed by atoms with Gasteiger partial charge in [0.2, 0.25) is 0 Å². The quantitative estimate of drug-likeness (QED) is 0.0222. The largest absolute Gasteiger partial charge is 0.472 e. The number of phosphoric ester groups is 2. The molecular formula is C77H150O17P2. The first-order valence-corrected chi connectivity index (χ1v) is 43.0. The second-order valence-electron chi connectivity index (χ2n) is 28.7. The summed E-state index contributed by atoms with van der Waals surface area (Å²) in [6.07, 6.45) is 56.8. The highest BCUT2D eigenvalue weighted by atomic mass is 31.2. The number of phosphoric acid groups is 2. The number of aliphatic hydroxyl groups excluding tert-OH is 1. The zero-order valence-corrected chi connectivity index (χ0v) is 64.5. The fraction of sp³-hybridized carbons (Fsp3) is 0.948. The summed E-state index contributed by atoms with van der Waals surface area (Å²) in [6.45, 7) is 9.62. The SMILES string of the molecule is CCCCCCCCCCCCCCCCCC(=O)O[C@H](COC(=O)CCCCCCCCCC)COP(=O)(O)OC[C@H](O)COP(=O)(O)OC[C@@H](COC(=O)CCCCCCCCCCCCCCC(C)C)OC(=O)CCCCCCCCCCCCCCCCCC(C)C. The lowest BCUT2D eigenvalue weighted by Crippen LogP contribution is -2.30. The summed E-state index contributed by atoms with van der Waals surface area (Å²) in [5, 5.41) is 10.6. The van der Waals surface area contributed by atoms with Crippen molar-refractivity contribution < 1.29 is 80.2 Å². The molecule has 0 aliphatic carbocycles. The predicted octanol–water partition coefficient (Wildman–Crippen LogP) is 22.7. The van der Waals surface area contributed by atoms with E-state index in [4.69, 9.17) is 37.0 Å². The van der Waals surface area contributed by atoms with Crippen molar-refractivity contribution in [3.05, 3.63) is 0 Å². The molecule has 19 heteroatoms. The van der Waals surface area contributed by atoms with Crippen molar-refractivity contribution >= 4 is 39.5 Å². The van der Waals surface area contributed by atoms with Crippen LogP contribution in [0.3, 0.4) is 0 Å². The van der Waals surface area contributed by atoms with Crippen molar-refractivity contribution in [1.29, 1.82) is 0 Å². The van der Waals surface area contributed by atoms with E-state index in [-0.39, 0.29) is 25.7 Å². The molecule has 0 saturated carbocycles. The van der Waals surface area contributed by atoms with E-state index in [2.05, 4.69) is 41.5 Å². The molecule has 0 saturated heterocycles. The zero-order valence-electron chi connectivity index (χ0n) is 62.7. The minimum Gasteiger partial charge on any atom is -0.462 e. The van der Waals surface area contributed by atoms with Gasteiger partial charge < -0.3 is 33.8 Å². The van der Waals surface area contributed by atoms with E-state index < -0.39 is 97.5 Å². The molecular weight excluding hydrogens is 1260 g/mol. The van der Waals surface area contributed by atoms with Crippen LogP contribution in [0.5, 0.6) is 0 Å². The van der Waals surface area contributed by atoms with Gasteiger partial charge in [0, 0.05) is 25.7 Å². The number of hydrogen-bond acceptors (Lipinski definition) is 15. The third-order valence-electron chi connectivity index (χ3n) is 18.0. The number of rotatable bonds is 76. The van der Waals surface area contributed by atoms with Gasteiger partial charge in [-0.05, 0) is 37.5 Å². The van der Waals surface area contributed by atoms with E-state index in [1.165, 1.54) is 212 Å². The Morgan fingerprint density at radius 1 is 0.281 bits per heavy atom. The van der Waals surface area contributed by atoms with E-state index in [9.17, 15) is 43.2 Å². The van der Waals surface area contributed by atoms with Crippen LogP contribution in [-0.4, -0.2) is 96.7 Å². The van der Waals surface area contributed by atoms with E-state index in [1.807, 2.05) is 0 Å². The summed E-state index contributed by atoms with van der Waals surface area (Å²) in [5.74, 6) is -0.530. The number of esters is 4. The molecule has 0 radical (unpaired) electrons. The van der Waals surface area contributed by atoms with Gasteiger partial charge in [0.15, 0.2) is 12.2 Å². The lowest BCUT2D eigenvalue weighted by molar-refractivity contribution is -0.161. The maximum atomic E-state index is 13.1. The van der Waals surface area contributed by atoms with Crippen LogP contribution in [0.25, 0.3) is 0 Å². The Morgan fingerprint density at radius 2 is 0.479 bits per heavy atom. The first kappa shape index (κ1) is 94.1. The normalized spacial score (nSPS) is 14.0. The smallest absolute Gasteiger partial charge is 0.462 e. The number of unbranched alkanes of at least 4 members (excludes halogenated alkanes) is 46. The lowest BCUT2D eigenvalue weighted by Gasteiger charge is -2.21. The maximum absolute atomic E-state index is 13.1. The first-order chi connectivity index (χ1) is 46.4. The van der Waals surface area contributed by atoms with Crippen molar-refractivity contribution in [1.82, 2.24) is 0 Å². The van der Waals surface area contributed by atoms with Crippen molar-refractivity contribution in [3.8, 4) is 0 Å². The molecule has 570 valence electrons. The van der Waals surface area contributed by atoms with Crippen LogP contribution >= 0.6 is 15.6 Å². The molecule has 0 aromatic rings. The summed E-state index contributed by atoms with van der Waals surface area (Å²) >= 11 is 0. The van der Waals surface area contributed by atoms with Gasteiger partial charge in [0.1, 0.15) is 19.3 Å². The minimum atomic E-state index is -4.96. The zero-order chi connectivity index (χ0) is 70.7. The van der Waals surface area contributed by atoms with E-state index >= 15 is 0 Å². The molecule has 0 aliphatic heterocycles. The second kappa shape index (κ2) is 68.8. The molecule has 0 aromatic carbocycles. The molecule has 5 atom stereocenters. The number of ether oxygens (including phenoxy) is 4. The molecule has 3 N–H and O–H groups in total. The number of carbonyl (C=O) groups excluding carboxylic acids is 4. The van der Waals surface area contributed by atoms with Gasteiger partial charge in [0.05, 0.1) is 26.4 Å². The van der Waals surface area contributed by atoms with Crippen LogP contribution in [0.1, 0.15) is 401 Å². The van der Waals surface area contributed by atoms with Crippen LogP contribution in [-0.2, 0) is 65.4 Å². The van der Waals surface area contributed by atoms with Crippen LogP contribution in [0.4, 0.5) is 0 Å². The number of aliphatic hydroxyl groups is 1. The topological polar surface area (TPSA) is 237 Å². The van der Waals surface area contributed by atoms with Crippen molar-refractivity contribution in [2.24, 2.45) is 11.8 Å². The highest BCUT2D eigenvalue weighted by Gasteiger charge is 2.30. The fourth-order valence-electron chi connectivity index (χ4n) is 11.8. The van der Waals surface area contributed by atoms with Crippen LogP contribution < -0.4 is 0 Å². The Morgan fingerprint density at radius 3 is 0.708 bits per heavy atom. The summed E-state index contributed by atoms with van der Waals surface area (Å²) in [5.41, 5.74) is 0. The van der Waals surface area contributed by atoms with E-state index in [0.29, 0.717) is 25.7 Å². The molecule has 96 heavy (non-hydrogen) atoms. The van der Waals surface area contributed by atoms with Gasteiger partial charge in [-0.2, -0.15) is 0 Å². The van der Waals surface area contributed by atoms with Gasteiger partial charge >= 0.3 is 39.5 Å². The van der Waals surface area contributed by atoms with Gasteiger partial charge in [-0.1, -0.05) is 350 Å². The van der Waals surface area contributed by atoms with Crippen LogP contribution in [0.2, 0.25) is 0 Å². The second-order valence-corrected chi connectivity index (χ2v) is 31.6. The highest BCUT2D eigenvalue weighted by Crippen LogP contribution is 2.45. The highest BCUT2D eigenvalue weighted by molar-refractivity contribution is 7.47. The van der Waals surface area contributed by atoms with E-state index in [1.54, 1.807) is 0 Å². The van der Waals surface area contributed by atoms with Gasteiger partial charge in [0.25, 0.3) is 0 Å². The number of hydrogen-bond donors (Lipinski definition) is 3. The van der Waals surface area contributed by atoms with Gasteiger partial charge in [-0.3, -0.25) is 37.3 Å². The van der Waals surface area contributed by atoms with Gasteiger partial charge in [-0.15, -0.1) is 0 Å². The first-order valence-electron chi connectivity index (χ1n) is 40.0. The standard InChI is InChI=1S/C77H150O17P2/c1-7-9-11-13-15-17-18-19-21-25-32-37-43-49-55-61-76(81)93-72(65-87-74(79)59-53-47-41-16-14-12-10-8-2)67-91-95(83,84)89-63-71(78)64-90-96(85,86)92-68-73(66-88-75(80)60-54-48-42-36-31-28-27-30-35-40-46-52-58-70(5)6)94-77(82)62-56-50-44-38-33-26-23-20-22-24-29-34-39-45-51-57-69(3)4/h69-73,78H,7-68H2,1-6H3,(H,83,84)(H,85,86)/t71-,72+,73+/m0/s1. The molecule has 2 unspecified atom stereocenters. The predicted molar refractivity (Wildman–Crippen MR) is 391 cm³/mol. The molecule has 0 aromatic heterocycles. The minimum absolute atomic E-state index is 0.108. The Balaban J connectivity index is 5.21. The molecule has 0 heterocycles. The molecule has 0 fully saturated rings. The monoisotopic (exact) mass is 1410 g/mol. The average Bonchev–Trinajstić information content (AvgIpc) is 2.83. The summed E-state index contributed by atoms with van der Waals surface area (Å²) < 4.78 is 68.5. The van der Waals surface area contributed by atoms with Crippen molar-refractivity contribution in [3.63, 3.8) is 0 Å². The average molecular weight is 1410 g/mol. The summed E-state index contributed by atoms with van der Waals surface area (Å²) in [6, 6.07) is 0. The Hall–Kier alpha value is -1.94. The summed E-state index contributed by atoms with van der Waals surface area (Å²) in [4.78, 5) is 72.8. The summed E-state index contributed by atoms with van der Waals surface area (Å²) in [7, 11) is -9.91. The lowest BCUT2D eigenvalue weighted by atomic mass is 10.0. The number of carbonyl (C=O) groups is 4. The van der Waals surface area contributed by atoms with Gasteiger partial charge in [-0.25, -0.2) is 9.13 Å². The molecule has 0 spiro atoms. The third-order valence-corrected chi connectivity index (χ3v) is 19.9. The van der Waals surface area contributed by atoms with Crippen LogP contribution in [0.15, 0.2) is 0 Å². The molecule has 0 aliphatic rings. The molecule has 0 bridgehead atoms. The Labute approximate surface area is 588 Å². The third kappa shape index (κ3) is 70.5. The van der Waals surface area contributed by atoms with E-state index in [0.717, 1.165) is 108 Å². The maximum Gasteiger partial charge on any atom is 0.472 e. The molecule has 0 rings (SSSR count). The molecule has 17 nitrogen and oxygen atoms in total. The Kier molecular flexibility index (Phi) is 67.4. The van der Waals surface area contributed by atoms with Crippen molar-refractivity contribution in [2.45, 2.75) is 419 Å². The fourth-order valence-corrected chi connectivity index (χ4v) is 13.4. The van der Waals surface area contributed by atoms with Crippen molar-refractivity contribution in [2.75, 3.05) is 39.6 Å².